The number of nitrogens with zero attached hydrogens (tertiary/aromatic N) is 2. The quantitative estimate of drug-likeness (QED) is 0.789. The number of nitrogens with one attached hydrogen (secondary N) is 1. The fraction of sp³-hybridized carbons (Fsp3) is 0.429. The smallest absolute Gasteiger partial charge is 0.326 e. The molecule has 0 aliphatic heterocycles. The van der Waals surface area contributed by atoms with Gasteiger partial charge in [-0.1, -0.05) is 5.16 Å². The molecule has 0 aromatic carbocycles. The van der Waals surface area contributed by atoms with Crippen LogP contribution in [0.4, 0.5) is 0 Å². The third-order valence-electron chi connectivity index (χ3n) is 3.49. The normalized spacial score (nSPS) is 15.5. The van der Waals surface area contributed by atoms with E-state index in [1.54, 1.807) is 6.07 Å². The summed E-state index contributed by atoms with van der Waals surface area (Å²) in [4.78, 5) is 27.0. The summed E-state index contributed by atoms with van der Waals surface area (Å²) in [7, 11) is 0. The van der Waals surface area contributed by atoms with Crippen LogP contribution in [-0.2, 0) is 16.0 Å². The number of carbonyl (C=O) groups is 2. The summed E-state index contributed by atoms with van der Waals surface area (Å²) in [5.74, 6) is -0.550. The van der Waals surface area contributed by atoms with Crippen LogP contribution in [-0.4, -0.2) is 33.2 Å². The van der Waals surface area contributed by atoms with Crippen molar-refractivity contribution in [3.63, 3.8) is 0 Å². The number of aliphatic carboxylic acids is 1. The Morgan fingerprint density at radius 2 is 2.27 bits per heavy atom. The van der Waals surface area contributed by atoms with Gasteiger partial charge in [-0.2, -0.15) is 4.98 Å². The van der Waals surface area contributed by atoms with Crippen LogP contribution >= 0.6 is 0 Å². The van der Waals surface area contributed by atoms with Crippen LogP contribution in [0.5, 0.6) is 0 Å². The van der Waals surface area contributed by atoms with Gasteiger partial charge in [-0.25, -0.2) is 4.79 Å². The second-order valence-electron chi connectivity index (χ2n) is 5.24. The van der Waals surface area contributed by atoms with Crippen LogP contribution in [0.1, 0.15) is 25.2 Å². The molecular weight excluding hydrogens is 290 g/mol. The molecule has 8 heteroatoms. The molecule has 1 fully saturated rings. The molecule has 2 heterocycles. The summed E-state index contributed by atoms with van der Waals surface area (Å²) in [6.45, 7) is 0. The lowest BCUT2D eigenvalue weighted by atomic mass is 10.1. The van der Waals surface area contributed by atoms with Gasteiger partial charge in [0.25, 0.3) is 0 Å². The minimum absolute atomic E-state index is 0.0533. The lowest BCUT2D eigenvalue weighted by molar-refractivity contribution is -0.142. The molecule has 1 unspecified atom stereocenters. The Balaban J connectivity index is 1.51. The van der Waals surface area contributed by atoms with Gasteiger partial charge in [-0.3, -0.25) is 4.79 Å². The molecule has 0 bridgehead atoms. The molecule has 3 rings (SSSR count). The first-order chi connectivity index (χ1) is 10.6. The second kappa shape index (κ2) is 6.00. The van der Waals surface area contributed by atoms with Gasteiger partial charge in [0.1, 0.15) is 12.3 Å². The third kappa shape index (κ3) is 3.33. The standard InChI is InChI=1S/C14H15N3O5/c18-10(15-12(14(19)20)8-1-2-8)3-4-11-16-13(17-22-11)9-5-6-21-7-9/h5-8,12H,1-4H2,(H,15,18)(H,19,20). The van der Waals surface area contributed by atoms with Gasteiger partial charge in [0.05, 0.1) is 11.8 Å². The van der Waals surface area contributed by atoms with E-state index in [9.17, 15) is 9.59 Å². The van der Waals surface area contributed by atoms with Gasteiger partial charge in [-0.15, -0.1) is 0 Å². The molecule has 2 aromatic rings. The molecule has 1 aliphatic rings. The van der Waals surface area contributed by atoms with Crippen molar-refractivity contribution < 1.29 is 23.6 Å². The van der Waals surface area contributed by atoms with Crippen molar-refractivity contribution in [3.05, 3.63) is 24.5 Å². The number of furan rings is 1. The Bertz CT molecular complexity index is 660. The summed E-state index contributed by atoms with van der Waals surface area (Å²) in [6, 6.07) is 0.908. The van der Waals surface area contributed by atoms with Crippen molar-refractivity contribution in [2.45, 2.75) is 31.7 Å². The molecule has 1 atom stereocenters. The highest BCUT2D eigenvalue weighted by Crippen LogP contribution is 2.32. The second-order valence-corrected chi connectivity index (χ2v) is 5.24. The van der Waals surface area contributed by atoms with E-state index in [1.807, 2.05) is 0 Å². The zero-order valence-electron chi connectivity index (χ0n) is 11.7. The number of carbonyl (C=O) groups excluding carboxylic acids is 1. The summed E-state index contributed by atoms with van der Waals surface area (Å²) in [6.07, 6.45) is 5.04. The average molecular weight is 305 g/mol. The summed E-state index contributed by atoms with van der Waals surface area (Å²) in [5.41, 5.74) is 0.694. The summed E-state index contributed by atoms with van der Waals surface area (Å²) in [5, 5.41) is 15.4. The first kappa shape index (κ1) is 14.3. The van der Waals surface area contributed by atoms with Gasteiger partial charge < -0.3 is 19.4 Å². The van der Waals surface area contributed by atoms with Crippen LogP contribution in [0, 0.1) is 5.92 Å². The summed E-state index contributed by atoms with van der Waals surface area (Å²) >= 11 is 0. The van der Waals surface area contributed by atoms with Crippen molar-refractivity contribution in [1.29, 1.82) is 0 Å². The van der Waals surface area contributed by atoms with Gasteiger partial charge >= 0.3 is 5.97 Å². The molecule has 0 radical (unpaired) electrons. The van der Waals surface area contributed by atoms with Crippen LogP contribution < -0.4 is 5.32 Å². The predicted molar refractivity (Wildman–Crippen MR) is 72.6 cm³/mol. The van der Waals surface area contributed by atoms with E-state index in [0.29, 0.717) is 17.3 Å². The van der Waals surface area contributed by atoms with Gasteiger partial charge in [-0.05, 0) is 24.8 Å². The van der Waals surface area contributed by atoms with E-state index in [1.165, 1.54) is 12.5 Å². The minimum atomic E-state index is -0.990. The van der Waals surface area contributed by atoms with E-state index in [-0.39, 0.29) is 24.7 Å². The monoisotopic (exact) mass is 305 g/mol. The Hall–Kier alpha value is -2.64. The molecule has 2 N–H and O–H groups in total. The van der Waals surface area contributed by atoms with Gasteiger partial charge in [0.15, 0.2) is 0 Å². The maximum atomic E-state index is 11.8. The number of rotatable bonds is 7. The van der Waals surface area contributed by atoms with E-state index < -0.39 is 12.0 Å². The van der Waals surface area contributed by atoms with E-state index in [2.05, 4.69) is 15.5 Å². The molecule has 0 spiro atoms. The van der Waals surface area contributed by atoms with Gasteiger partial charge in [0.2, 0.25) is 17.6 Å². The molecule has 1 amide bonds. The molecule has 8 nitrogen and oxygen atoms in total. The van der Waals surface area contributed by atoms with Crippen molar-refractivity contribution in [3.8, 4) is 11.4 Å². The van der Waals surface area contributed by atoms with Crippen LogP contribution in [0.2, 0.25) is 0 Å². The molecule has 1 saturated carbocycles. The van der Waals surface area contributed by atoms with Crippen LogP contribution in [0.15, 0.2) is 27.5 Å². The fourth-order valence-corrected chi connectivity index (χ4v) is 2.14. The zero-order valence-corrected chi connectivity index (χ0v) is 11.7. The molecule has 0 saturated heterocycles. The fourth-order valence-electron chi connectivity index (χ4n) is 2.14. The Labute approximate surface area is 125 Å². The van der Waals surface area contributed by atoms with Crippen molar-refractivity contribution in [2.24, 2.45) is 5.92 Å². The number of carboxylic acid groups (broad SMARTS) is 1. The average Bonchev–Trinajstić information content (AvgIpc) is 3.01. The van der Waals surface area contributed by atoms with Crippen LogP contribution in [0.3, 0.4) is 0 Å². The van der Waals surface area contributed by atoms with E-state index >= 15 is 0 Å². The van der Waals surface area contributed by atoms with Crippen LogP contribution in [0.25, 0.3) is 11.4 Å². The number of aryl methyl sites for hydroxylation is 1. The van der Waals surface area contributed by atoms with Gasteiger partial charge in [0, 0.05) is 12.8 Å². The minimum Gasteiger partial charge on any atom is -0.480 e. The molecular formula is C14H15N3O5. The molecule has 1 aliphatic carbocycles. The topological polar surface area (TPSA) is 118 Å². The molecule has 2 aromatic heterocycles. The number of aromatic nitrogens is 2. The van der Waals surface area contributed by atoms with E-state index in [4.69, 9.17) is 14.0 Å². The molecule has 22 heavy (non-hydrogen) atoms. The van der Waals surface area contributed by atoms with E-state index in [0.717, 1.165) is 12.8 Å². The van der Waals surface area contributed by atoms with Crippen molar-refractivity contribution in [1.82, 2.24) is 15.5 Å². The lowest BCUT2D eigenvalue weighted by Gasteiger charge is -2.12. The lowest BCUT2D eigenvalue weighted by Crippen LogP contribution is -2.42. The number of hydrogen-bond acceptors (Lipinski definition) is 6. The first-order valence-electron chi connectivity index (χ1n) is 7.01. The maximum Gasteiger partial charge on any atom is 0.326 e. The Morgan fingerprint density at radius 3 is 2.91 bits per heavy atom. The molecule has 116 valence electrons. The zero-order chi connectivity index (χ0) is 15.5. The number of hydrogen-bond donors (Lipinski definition) is 2. The SMILES string of the molecule is O=C(CCc1nc(-c2ccoc2)no1)NC(C(=O)O)C1CC1. The first-order valence-corrected chi connectivity index (χ1v) is 7.01. The Kier molecular flexibility index (Phi) is 3.90. The highest BCUT2D eigenvalue weighted by Gasteiger charge is 2.37. The maximum absolute atomic E-state index is 11.8. The highest BCUT2D eigenvalue weighted by molar-refractivity contribution is 5.84. The summed E-state index contributed by atoms with van der Waals surface area (Å²) < 4.78 is 9.98. The third-order valence-corrected chi connectivity index (χ3v) is 3.49. The predicted octanol–water partition coefficient (Wildman–Crippen LogP) is 1.24. The Morgan fingerprint density at radius 1 is 1.45 bits per heavy atom. The number of carboxylic acids is 1. The number of amides is 1. The van der Waals surface area contributed by atoms with Crippen molar-refractivity contribution >= 4 is 11.9 Å². The van der Waals surface area contributed by atoms with Crippen molar-refractivity contribution in [2.75, 3.05) is 0 Å². The largest absolute Gasteiger partial charge is 0.480 e. The highest BCUT2D eigenvalue weighted by atomic mass is 16.5.